The van der Waals surface area contributed by atoms with Crippen LogP contribution < -0.4 is 0 Å². The number of aliphatic hydroxyl groups is 1. The summed E-state index contributed by atoms with van der Waals surface area (Å²) < 4.78 is 3.56. The van der Waals surface area contributed by atoms with E-state index in [2.05, 4.69) is 16.2 Å². The van der Waals surface area contributed by atoms with E-state index in [1.54, 1.807) is 52.2 Å². The zero-order valence-electron chi connectivity index (χ0n) is 22.3. The van der Waals surface area contributed by atoms with Gasteiger partial charge in [-0.3, -0.25) is 0 Å². The van der Waals surface area contributed by atoms with E-state index < -0.39 is 5.60 Å². The Morgan fingerprint density at radius 2 is 1.78 bits per heavy atom. The number of halogens is 2. The van der Waals surface area contributed by atoms with Crippen molar-refractivity contribution in [3.05, 3.63) is 141 Å². The van der Waals surface area contributed by atoms with Crippen LogP contribution in [0.25, 0.3) is 16.6 Å². The summed E-state index contributed by atoms with van der Waals surface area (Å²) in [5, 5.41) is 28.4. The van der Waals surface area contributed by atoms with Gasteiger partial charge in [-0.05, 0) is 65.6 Å². The summed E-state index contributed by atoms with van der Waals surface area (Å²) in [6.45, 7) is 1.90. The van der Waals surface area contributed by atoms with Gasteiger partial charge in [0.2, 0.25) is 0 Å². The Kier molecular flexibility index (Phi) is 6.84. The molecule has 3 aromatic carbocycles. The van der Waals surface area contributed by atoms with Crippen molar-refractivity contribution in [3.63, 3.8) is 0 Å². The quantitative estimate of drug-likeness (QED) is 0.243. The van der Waals surface area contributed by atoms with Gasteiger partial charge in [0, 0.05) is 41.8 Å². The lowest BCUT2D eigenvalue weighted by atomic mass is 9.82. The molecular formula is C32H24Cl2N6O. The van der Waals surface area contributed by atoms with E-state index in [-0.39, 0.29) is 5.69 Å². The van der Waals surface area contributed by atoms with E-state index in [0.29, 0.717) is 49.8 Å². The largest absolute Gasteiger partial charge is 0.374 e. The zero-order valence-corrected chi connectivity index (χ0v) is 23.8. The second kappa shape index (κ2) is 10.5. The highest BCUT2D eigenvalue weighted by molar-refractivity contribution is 6.36. The molecule has 6 aromatic rings. The van der Waals surface area contributed by atoms with Gasteiger partial charge in [-0.2, -0.15) is 10.4 Å². The molecular weight excluding hydrogens is 555 g/mol. The predicted molar refractivity (Wildman–Crippen MR) is 159 cm³/mol. The molecule has 0 aliphatic carbocycles. The number of aromatic nitrogens is 5. The van der Waals surface area contributed by atoms with Crippen LogP contribution >= 0.6 is 23.2 Å². The van der Waals surface area contributed by atoms with Crippen LogP contribution in [0.4, 0.5) is 0 Å². The van der Waals surface area contributed by atoms with E-state index in [1.807, 2.05) is 62.6 Å². The van der Waals surface area contributed by atoms with Crippen LogP contribution in [0.1, 0.15) is 39.2 Å². The van der Waals surface area contributed by atoms with E-state index in [1.165, 1.54) is 0 Å². The molecule has 3 heterocycles. The highest BCUT2D eigenvalue weighted by Crippen LogP contribution is 2.41. The monoisotopic (exact) mass is 578 g/mol. The molecule has 41 heavy (non-hydrogen) atoms. The first-order chi connectivity index (χ1) is 19.8. The fraction of sp³-hybridized carbons (Fsp3) is 0.125. The number of nitrogens with zero attached hydrogens (tertiary/aromatic N) is 6. The smallest absolute Gasteiger partial charge is 0.156 e. The SMILES string of the molecule is Cc1cc(C(O)(c2ccc(Cl)cc2)c2cncn2C)cc2c(Cl)c(Cc3ccc(-n4cccn4)cc3)c(C#N)nc12. The van der Waals surface area contributed by atoms with Gasteiger partial charge in [-0.1, -0.05) is 53.5 Å². The summed E-state index contributed by atoms with van der Waals surface area (Å²) in [6.07, 6.45) is 7.31. The number of benzene rings is 3. The Balaban J connectivity index is 1.50. The standard InChI is InChI=1S/C32H24Cl2N6O/c1-20-14-23(32(41,29-18-36-19-39(29)2)22-6-8-24(33)9-7-22)16-27-30(34)26(28(17-35)38-31(20)27)15-21-4-10-25(11-5-21)40-13-3-12-37-40/h3-14,16,18-19,41H,15H2,1-2H3. The Morgan fingerprint density at radius 3 is 2.41 bits per heavy atom. The van der Waals surface area contributed by atoms with Gasteiger partial charge in [0.25, 0.3) is 0 Å². The fourth-order valence-corrected chi connectivity index (χ4v) is 5.68. The van der Waals surface area contributed by atoms with Crippen molar-refractivity contribution in [3.8, 4) is 11.8 Å². The van der Waals surface area contributed by atoms with E-state index >= 15 is 0 Å². The molecule has 1 N–H and O–H groups in total. The molecule has 6 rings (SSSR count). The molecule has 0 radical (unpaired) electrons. The van der Waals surface area contributed by atoms with Crippen molar-refractivity contribution >= 4 is 34.1 Å². The van der Waals surface area contributed by atoms with Crippen molar-refractivity contribution in [1.82, 2.24) is 24.3 Å². The molecule has 0 aliphatic heterocycles. The number of hydrogen-bond acceptors (Lipinski definition) is 5. The van der Waals surface area contributed by atoms with Crippen LogP contribution in [0, 0.1) is 18.3 Å². The fourth-order valence-electron chi connectivity index (χ4n) is 5.26. The van der Waals surface area contributed by atoms with Crippen LogP contribution in [0.3, 0.4) is 0 Å². The zero-order chi connectivity index (χ0) is 28.7. The normalized spacial score (nSPS) is 12.8. The minimum atomic E-state index is -1.56. The van der Waals surface area contributed by atoms with Crippen LogP contribution in [0.5, 0.6) is 0 Å². The van der Waals surface area contributed by atoms with E-state index in [0.717, 1.165) is 16.8 Å². The number of imidazole rings is 1. The molecule has 0 saturated carbocycles. The molecule has 9 heteroatoms. The van der Waals surface area contributed by atoms with Gasteiger partial charge in [-0.25, -0.2) is 14.6 Å². The summed E-state index contributed by atoms with van der Waals surface area (Å²) in [5.41, 5.74) is 4.42. The molecule has 0 fully saturated rings. The van der Waals surface area contributed by atoms with Crippen LogP contribution in [0.2, 0.25) is 10.0 Å². The number of nitriles is 1. The first-order valence-electron chi connectivity index (χ1n) is 12.9. The molecule has 0 aliphatic rings. The van der Waals surface area contributed by atoms with Gasteiger partial charge in [0.1, 0.15) is 11.8 Å². The van der Waals surface area contributed by atoms with Crippen molar-refractivity contribution in [1.29, 1.82) is 5.26 Å². The molecule has 1 unspecified atom stereocenters. The van der Waals surface area contributed by atoms with Crippen LogP contribution in [-0.4, -0.2) is 29.4 Å². The number of fused-ring (bicyclic) bond motifs is 1. The van der Waals surface area contributed by atoms with Gasteiger partial charge >= 0.3 is 0 Å². The average Bonchev–Trinajstić information content (AvgIpc) is 3.67. The second-order valence-electron chi connectivity index (χ2n) is 9.96. The average molecular weight is 579 g/mol. The number of rotatable bonds is 6. The van der Waals surface area contributed by atoms with Crippen LogP contribution in [-0.2, 0) is 19.1 Å². The maximum atomic E-state index is 12.4. The molecule has 0 saturated heterocycles. The van der Waals surface area contributed by atoms with Crippen molar-refractivity contribution in [2.45, 2.75) is 18.9 Å². The van der Waals surface area contributed by atoms with Crippen molar-refractivity contribution < 1.29 is 5.11 Å². The van der Waals surface area contributed by atoms with E-state index in [9.17, 15) is 10.4 Å². The summed E-state index contributed by atoms with van der Waals surface area (Å²) in [7, 11) is 1.83. The highest BCUT2D eigenvalue weighted by atomic mass is 35.5. The summed E-state index contributed by atoms with van der Waals surface area (Å²) in [4.78, 5) is 8.98. The molecule has 1 atom stereocenters. The lowest BCUT2D eigenvalue weighted by Crippen LogP contribution is -2.31. The molecule has 0 amide bonds. The minimum Gasteiger partial charge on any atom is -0.374 e. The number of pyridine rings is 1. The predicted octanol–water partition coefficient (Wildman–Crippen LogP) is 6.52. The maximum absolute atomic E-state index is 12.4. The van der Waals surface area contributed by atoms with Gasteiger partial charge in [-0.15, -0.1) is 0 Å². The lowest BCUT2D eigenvalue weighted by molar-refractivity contribution is 0.117. The van der Waals surface area contributed by atoms with Gasteiger partial charge < -0.3 is 9.67 Å². The second-order valence-corrected chi connectivity index (χ2v) is 10.8. The third-order valence-electron chi connectivity index (χ3n) is 7.37. The Hall–Kier alpha value is -4.48. The summed E-state index contributed by atoms with van der Waals surface area (Å²) in [6, 6.07) is 22.8. The Morgan fingerprint density at radius 1 is 1.02 bits per heavy atom. The summed E-state index contributed by atoms with van der Waals surface area (Å²) >= 11 is 13.3. The Bertz CT molecular complexity index is 1920. The van der Waals surface area contributed by atoms with E-state index in [4.69, 9.17) is 28.2 Å². The minimum absolute atomic E-state index is 0.272. The molecule has 7 nitrogen and oxygen atoms in total. The molecule has 202 valence electrons. The maximum Gasteiger partial charge on any atom is 0.156 e. The summed E-state index contributed by atoms with van der Waals surface area (Å²) in [5.74, 6) is 0. The number of hydrogen-bond donors (Lipinski definition) is 1. The first kappa shape index (κ1) is 26.7. The third-order valence-corrected chi connectivity index (χ3v) is 8.05. The topological polar surface area (TPSA) is 92.5 Å². The highest BCUT2D eigenvalue weighted by Gasteiger charge is 2.37. The van der Waals surface area contributed by atoms with Crippen molar-refractivity contribution in [2.75, 3.05) is 0 Å². The molecule has 0 spiro atoms. The molecule has 3 aromatic heterocycles. The van der Waals surface area contributed by atoms with Gasteiger partial charge in [0.15, 0.2) is 5.60 Å². The van der Waals surface area contributed by atoms with Crippen molar-refractivity contribution in [2.24, 2.45) is 7.05 Å². The lowest BCUT2D eigenvalue weighted by Gasteiger charge is -2.30. The molecule has 0 bridgehead atoms. The van der Waals surface area contributed by atoms with Crippen LogP contribution in [0.15, 0.2) is 91.6 Å². The van der Waals surface area contributed by atoms with Gasteiger partial charge in [0.05, 0.1) is 34.4 Å². The first-order valence-corrected chi connectivity index (χ1v) is 13.6. The Labute approximate surface area is 246 Å². The number of aryl methyl sites for hydroxylation is 2. The third kappa shape index (κ3) is 4.66.